The van der Waals surface area contributed by atoms with Crippen molar-refractivity contribution in [2.75, 3.05) is 0 Å². The second-order valence-electron chi connectivity index (χ2n) is 2.22. The largest absolute Gasteiger partial charge is 0.314 e. The van der Waals surface area contributed by atoms with Crippen LogP contribution in [0.5, 0.6) is 0 Å². The van der Waals surface area contributed by atoms with Gasteiger partial charge in [-0.15, -0.1) is 0 Å². The summed E-state index contributed by atoms with van der Waals surface area (Å²) in [7, 11) is 0. The van der Waals surface area contributed by atoms with Gasteiger partial charge in [0.15, 0.2) is 0 Å². The van der Waals surface area contributed by atoms with Gasteiger partial charge in [0.2, 0.25) is 0 Å². The van der Waals surface area contributed by atoms with E-state index in [4.69, 9.17) is 0 Å². The topological polar surface area (TPSA) is 17.8 Å². The van der Waals surface area contributed by atoms with Crippen molar-refractivity contribution in [2.45, 2.75) is 0 Å². The lowest BCUT2D eigenvalue weighted by Crippen LogP contribution is -1.89. The first kappa shape index (κ1) is 6.16. The van der Waals surface area contributed by atoms with Crippen molar-refractivity contribution in [3.8, 4) is 5.69 Å². The highest BCUT2D eigenvalue weighted by Crippen LogP contribution is 2.03. The fraction of sp³-hybridized carbons (Fsp3) is 0. The quantitative estimate of drug-likeness (QED) is 0.593. The van der Waals surface area contributed by atoms with Gasteiger partial charge in [-0.3, -0.25) is 4.98 Å². The second-order valence-corrected chi connectivity index (χ2v) is 2.22. The average molecular weight is 143 g/mol. The van der Waals surface area contributed by atoms with Gasteiger partial charge in [0.25, 0.3) is 0 Å². The maximum Gasteiger partial charge on any atom is 0.0697 e. The van der Waals surface area contributed by atoms with E-state index in [1.165, 1.54) is 0 Å². The Bertz CT molecular complexity index is 311. The first-order chi connectivity index (χ1) is 5.47. The molecule has 1 radical (unpaired) electrons. The Morgan fingerprint density at radius 2 is 2.36 bits per heavy atom. The van der Waals surface area contributed by atoms with Crippen molar-refractivity contribution in [1.82, 2.24) is 9.55 Å². The molecule has 2 nitrogen and oxygen atoms in total. The third-order valence-electron chi connectivity index (χ3n) is 1.47. The molecule has 0 aromatic carbocycles. The molecule has 0 aliphatic carbocycles. The van der Waals surface area contributed by atoms with Crippen LogP contribution in [0.3, 0.4) is 0 Å². The minimum Gasteiger partial charge on any atom is -0.314 e. The molecule has 2 aromatic heterocycles. The van der Waals surface area contributed by atoms with E-state index in [0.29, 0.717) is 0 Å². The van der Waals surface area contributed by atoms with Gasteiger partial charge < -0.3 is 4.57 Å². The Morgan fingerprint density at radius 1 is 1.36 bits per heavy atom. The summed E-state index contributed by atoms with van der Waals surface area (Å²) < 4.78 is 1.90. The molecule has 0 saturated carbocycles. The normalized spacial score (nSPS) is 9.82. The number of aromatic nitrogens is 2. The molecule has 2 heterocycles. The molecule has 2 aromatic rings. The predicted molar refractivity (Wildman–Crippen MR) is 42.4 cm³/mol. The summed E-state index contributed by atoms with van der Waals surface area (Å²) in [5.74, 6) is 0. The minimum absolute atomic E-state index is 1.04. The molecule has 0 amide bonds. The van der Waals surface area contributed by atoms with Crippen LogP contribution in [-0.2, 0) is 0 Å². The van der Waals surface area contributed by atoms with Crippen LogP contribution in [0.25, 0.3) is 5.69 Å². The third-order valence-corrected chi connectivity index (χ3v) is 1.47. The second kappa shape index (κ2) is 2.58. The average Bonchev–Trinajstić information content (AvgIpc) is 2.58. The summed E-state index contributed by atoms with van der Waals surface area (Å²) in [6, 6.07) is 7.70. The van der Waals surface area contributed by atoms with E-state index in [-0.39, 0.29) is 0 Å². The third kappa shape index (κ3) is 1.15. The summed E-state index contributed by atoms with van der Waals surface area (Å²) in [6.45, 7) is 0. The van der Waals surface area contributed by atoms with Gasteiger partial charge in [-0.2, -0.15) is 0 Å². The van der Waals surface area contributed by atoms with E-state index in [0.717, 1.165) is 5.69 Å². The van der Waals surface area contributed by atoms with Gasteiger partial charge in [-0.05, 0) is 24.3 Å². The maximum atomic E-state index is 4.00. The SMILES string of the molecule is [c]1cccn1-c1cccnc1. The zero-order chi connectivity index (χ0) is 7.52. The lowest BCUT2D eigenvalue weighted by Gasteiger charge is -1.98. The Labute approximate surface area is 65.1 Å². The zero-order valence-electron chi connectivity index (χ0n) is 5.94. The van der Waals surface area contributed by atoms with Crippen LogP contribution >= 0.6 is 0 Å². The van der Waals surface area contributed by atoms with Gasteiger partial charge >= 0.3 is 0 Å². The van der Waals surface area contributed by atoms with Gasteiger partial charge in [0, 0.05) is 12.4 Å². The number of nitrogens with zero attached hydrogens (tertiary/aromatic N) is 2. The van der Waals surface area contributed by atoms with E-state index in [2.05, 4.69) is 11.2 Å². The number of hydrogen-bond acceptors (Lipinski definition) is 1. The van der Waals surface area contributed by atoms with Crippen LogP contribution in [-0.4, -0.2) is 9.55 Å². The monoisotopic (exact) mass is 143 g/mol. The lowest BCUT2D eigenvalue weighted by atomic mass is 10.4. The van der Waals surface area contributed by atoms with Crippen LogP contribution in [0.15, 0.2) is 42.9 Å². The highest BCUT2D eigenvalue weighted by atomic mass is 14.9. The van der Waals surface area contributed by atoms with Crippen molar-refractivity contribution >= 4 is 0 Å². The number of pyridine rings is 1. The van der Waals surface area contributed by atoms with Crippen LogP contribution in [0, 0.1) is 6.20 Å². The van der Waals surface area contributed by atoms with Gasteiger partial charge in [0.1, 0.15) is 0 Å². The highest BCUT2D eigenvalue weighted by Gasteiger charge is 1.90. The molecule has 53 valence electrons. The van der Waals surface area contributed by atoms with Crippen molar-refractivity contribution in [2.24, 2.45) is 0 Å². The molecule has 11 heavy (non-hydrogen) atoms. The summed E-state index contributed by atoms with van der Waals surface area (Å²) in [6.07, 6.45) is 8.53. The van der Waals surface area contributed by atoms with Crippen LogP contribution in [0.1, 0.15) is 0 Å². The predicted octanol–water partition coefficient (Wildman–Crippen LogP) is 1.67. The Morgan fingerprint density at radius 3 is 3.00 bits per heavy atom. The Kier molecular flexibility index (Phi) is 1.44. The molecular formula is C9H7N2. The summed E-state index contributed by atoms with van der Waals surface area (Å²) in [4.78, 5) is 4.00. The summed E-state index contributed by atoms with van der Waals surface area (Å²) in [5, 5.41) is 0. The van der Waals surface area contributed by atoms with Crippen molar-refractivity contribution in [1.29, 1.82) is 0 Å². The highest BCUT2D eigenvalue weighted by molar-refractivity contribution is 5.27. The van der Waals surface area contributed by atoms with Crippen LogP contribution < -0.4 is 0 Å². The smallest absolute Gasteiger partial charge is 0.0697 e. The molecule has 0 bridgehead atoms. The molecule has 0 aliphatic rings. The molecule has 0 spiro atoms. The fourth-order valence-corrected chi connectivity index (χ4v) is 0.952. The first-order valence-corrected chi connectivity index (χ1v) is 3.42. The first-order valence-electron chi connectivity index (χ1n) is 3.42. The molecule has 0 fully saturated rings. The molecule has 0 N–H and O–H groups in total. The molecule has 0 unspecified atom stereocenters. The van der Waals surface area contributed by atoms with Crippen LogP contribution in [0.2, 0.25) is 0 Å². The number of rotatable bonds is 1. The Hall–Kier alpha value is -1.57. The van der Waals surface area contributed by atoms with E-state index in [1.54, 1.807) is 12.4 Å². The summed E-state index contributed by atoms with van der Waals surface area (Å²) in [5.41, 5.74) is 1.04. The van der Waals surface area contributed by atoms with Gasteiger partial charge in [0.05, 0.1) is 18.1 Å². The Balaban J connectivity index is 2.46. The minimum atomic E-state index is 1.04. The van der Waals surface area contributed by atoms with Crippen molar-refractivity contribution in [3.63, 3.8) is 0 Å². The van der Waals surface area contributed by atoms with Crippen molar-refractivity contribution in [3.05, 3.63) is 49.1 Å². The van der Waals surface area contributed by atoms with E-state index in [1.807, 2.05) is 35.0 Å². The molecular weight excluding hydrogens is 136 g/mol. The number of hydrogen-bond donors (Lipinski definition) is 0. The zero-order valence-corrected chi connectivity index (χ0v) is 5.94. The van der Waals surface area contributed by atoms with E-state index >= 15 is 0 Å². The maximum absolute atomic E-state index is 4.00. The molecule has 0 aliphatic heterocycles. The molecule has 2 rings (SSSR count). The lowest BCUT2D eigenvalue weighted by molar-refractivity contribution is 1.05. The molecule has 0 saturated heterocycles. The van der Waals surface area contributed by atoms with Crippen LogP contribution in [0.4, 0.5) is 0 Å². The van der Waals surface area contributed by atoms with Gasteiger partial charge in [-0.25, -0.2) is 0 Å². The van der Waals surface area contributed by atoms with Crippen molar-refractivity contribution < 1.29 is 0 Å². The molecule has 0 atom stereocenters. The summed E-state index contributed by atoms with van der Waals surface area (Å²) >= 11 is 0. The van der Waals surface area contributed by atoms with E-state index < -0.39 is 0 Å². The van der Waals surface area contributed by atoms with E-state index in [9.17, 15) is 0 Å². The fourth-order valence-electron chi connectivity index (χ4n) is 0.952. The molecule has 2 heteroatoms. The van der Waals surface area contributed by atoms with Gasteiger partial charge in [-0.1, -0.05) is 0 Å². The standard InChI is InChI=1S/C9H7N2/c1-2-7-11(6-1)9-4-3-5-10-8-9/h1-6,8H.